The predicted octanol–water partition coefficient (Wildman–Crippen LogP) is 4.89. The largest absolute Gasteiger partial charge is 0.497 e. The second-order valence-corrected chi connectivity index (χ2v) is 8.94. The van der Waals surface area contributed by atoms with Crippen LogP contribution < -0.4 is 19.8 Å². The first kappa shape index (κ1) is 22.2. The van der Waals surface area contributed by atoms with Crippen LogP contribution in [0.4, 0.5) is 5.69 Å². The molecule has 0 aliphatic carbocycles. The number of ether oxygens (including phenoxy) is 2. The van der Waals surface area contributed by atoms with Gasteiger partial charge in [-0.1, -0.05) is 30.8 Å². The lowest BCUT2D eigenvalue weighted by Crippen LogP contribution is -2.16. The van der Waals surface area contributed by atoms with Gasteiger partial charge in [-0.15, -0.1) is 0 Å². The van der Waals surface area contributed by atoms with Gasteiger partial charge in [-0.2, -0.15) is 0 Å². The van der Waals surface area contributed by atoms with Gasteiger partial charge in [0.25, 0.3) is 15.6 Å². The van der Waals surface area contributed by atoms with Crippen molar-refractivity contribution in [2.45, 2.75) is 0 Å². The summed E-state index contributed by atoms with van der Waals surface area (Å²) in [5.41, 5.74) is 1.52. The van der Waals surface area contributed by atoms with E-state index < -0.39 is 10.0 Å². The van der Waals surface area contributed by atoms with E-state index in [-0.39, 0.29) is 5.56 Å². The van der Waals surface area contributed by atoms with Crippen LogP contribution in [0.3, 0.4) is 0 Å². The molecule has 0 aliphatic rings. The third-order valence-electron chi connectivity index (χ3n) is 5.11. The summed E-state index contributed by atoms with van der Waals surface area (Å²) in [4.78, 5) is 12.7. The van der Waals surface area contributed by atoms with Crippen LogP contribution in [0.2, 0.25) is 0 Å². The molecule has 0 radical (unpaired) electrons. The molecular formula is C25H22N2O5S. The first-order valence-corrected chi connectivity index (χ1v) is 11.6. The number of fused-ring (bicyclic) bond motifs is 1. The van der Waals surface area contributed by atoms with E-state index in [1.54, 1.807) is 68.9 Å². The van der Waals surface area contributed by atoms with Gasteiger partial charge in [-0.25, -0.2) is 8.42 Å². The second-order valence-electron chi connectivity index (χ2n) is 7.31. The van der Waals surface area contributed by atoms with Gasteiger partial charge >= 0.3 is 0 Å². The topological polar surface area (TPSA) is 86.6 Å². The van der Waals surface area contributed by atoms with Crippen LogP contribution in [0, 0.1) is 0 Å². The van der Waals surface area contributed by atoms with Crippen molar-refractivity contribution in [1.82, 2.24) is 4.57 Å². The van der Waals surface area contributed by atoms with E-state index >= 15 is 0 Å². The maximum absolute atomic E-state index is 12.7. The smallest absolute Gasteiger partial charge is 0.258 e. The molecule has 0 saturated heterocycles. The van der Waals surface area contributed by atoms with Gasteiger partial charge in [0, 0.05) is 46.9 Å². The molecule has 0 amide bonds. The number of anilines is 1. The van der Waals surface area contributed by atoms with Crippen LogP contribution >= 0.6 is 0 Å². The fourth-order valence-electron chi connectivity index (χ4n) is 3.52. The Morgan fingerprint density at radius 1 is 0.939 bits per heavy atom. The fourth-order valence-corrected chi connectivity index (χ4v) is 4.06. The minimum Gasteiger partial charge on any atom is -0.497 e. The number of nitrogens with one attached hydrogen (secondary N) is 1. The molecule has 168 valence electrons. The van der Waals surface area contributed by atoms with Gasteiger partial charge in [0.15, 0.2) is 0 Å². The van der Waals surface area contributed by atoms with E-state index in [2.05, 4.69) is 11.3 Å². The second kappa shape index (κ2) is 8.84. The lowest BCUT2D eigenvalue weighted by atomic mass is 9.99. The maximum Gasteiger partial charge on any atom is 0.258 e. The van der Waals surface area contributed by atoms with Gasteiger partial charge in [0.1, 0.15) is 17.2 Å². The van der Waals surface area contributed by atoms with E-state index in [0.717, 1.165) is 10.8 Å². The standard InChI is InChI=1S/C25H22N2O5S/c1-4-33(29,30)26-17-12-13-24(32-19-9-7-8-18(15-19)31-3)22(14-17)23-16-27(2)25(28)21-11-6-5-10-20(21)23/h4-16,26H,1H2,2-3H3. The van der Waals surface area contributed by atoms with E-state index in [9.17, 15) is 13.2 Å². The molecule has 8 heteroatoms. The van der Waals surface area contributed by atoms with E-state index in [1.807, 2.05) is 18.2 Å². The number of methoxy groups -OCH3 is 1. The summed E-state index contributed by atoms with van der Waals surface area (Å²) in [6.45, 7) is 3.34. The molecule has 0 spiro atoms. The monoisotopic (exact) mass is 462 g/mol. The fraction of sp³-hybridized carbons (Fsp3) is 0.0800. The Morgan fingerprint density at radius 2 is 1.67 bits per heavy atom. The summed E-state index contributed by atoms with van der Waals surface area (Å²) in [5, 5.41) is 2.11. The van der Waals surface area contributed by atoms with E-state index in [4.69, 9.17) is 9.47 Å². The van der Waals surface area contributed by atoms with Crippen LogP contribution in [0.25, 0.3) is 21.9 Å². The summed E-state index contributed by atoms with van der Waals surface area (Å²) in [6.07, 6.45) is 1.71. The summed E-state index contributed by atoms with van der Waals surface area (Å²) < 4.78 is 39.5. The maximum atomic E-state index is 12.7. The zero-order valence-electron chi connectivity index (χ0n) is 18.1. The molecule has 1 aromatic heterocycles. The van der Waals surface area contributed by atoms with Crippen LogP contribution in [0.1, 0.15) is 0 Å². The van der Waals surface area contributed by atoms with Crippen molar-refractivity contribution < 1.29 is 17.9 Å². The Labute approximate surface area is 191 Å². The molecule has 4 aromatic rings. The number of pyridine rings is 1. The molecule has 0 fully saturated rings. The van der Waals surface area contributed by atoms with Crippen molar-refractivity contribution in [1.29, 1.82) is 0 Å². The number of aryl methyl sites for hydroxylation is 1. The molecule has 4 rings (SSSR count). The Hall–Kier alpha value is -4.04. The Balaban J connectivity index is 1.94. The first-order valence-electron chi connectivity index (χ1n) is 10.0. The van der Waals surface area contributed by atoms with Crippen molar-refractivity contribution >= 4 is 26.5 Å². The zero-order valence-corrected chi connectivity index (χ0v) is 18.9. The van der Waals surface area contributed by atoms with Gasteiger partial charge < -0.3 is 14.0 Å². The lowest BCUT2D eigenvalue weighted by Gasteiger charge is -2.16. The number of nitrogens with zero attached hydrogens (tertiary/aromatic N) is 1. The predicted molar refractivity (Wildman–Crippen MR) is 130 cm³/mol. The average molecular weight is 463 g/mol. The number of aromatic nitrogens is 1. The van der Waals surface area contributed by atoms with Gasteiger partial charge in [0.05, 0.1) is 7.11 Å². The zero-order chi connectivity index (χ0) is 23.6. The van der Waals surface area contributed by atoms with Gasteiger partial charge in [-0.05, 0) is 41.8 Å². The number of hydrogen-bond acceptors (Lipinski definition) is 5. The number of benzene rings is 3. The van der Waals surface area contributed by atoms with Crippen molar-refractivity contribution in [2.75, 3.05) is 11.8 Å². The molecule has 0 bridgehead atoms. The Bertz CT molecular complexity index is 1520. The van der Waals surface area contributed by atoms with Gasteiger partial charge in [-0.3, -0.25) is 9.52 Å². The lowest BCUT2D eigenvalue weighted by molar-refractivity contribution is 0.409. The molecule has 1 N–H and O–H groups in total. The molecule has 7 nitrogen and oxygen atoms in total. The molecule has 33 heavy (non-hydrogen) atoms. The minimum atomic E-state index is -3.71. The summed E-state index contributed by atoms with van der Waals surface area (Å²) in [7, 11) is -0.465. The van der Waals surface area contributed by atoms with Crippen LogP contribution in [0.15, 0.2) is 89.7 Å². The number of hydrogen-bond donors (Lipinski definition) is 1. The first-order chi connectivity index (χ1) is 15.8. The Kier molecular flexibility index (Phi) is 5.93. The van der Waals surface area contributed by atoms with Crippen molar-refractivity contribution in [2.24, 2.45) is 7.05 Å². The van der Waals surface area contributed by atoms with Crippen LogP contribution in [-0.2, 0) is 17.1 Å². The molecular weight excluding hydrogens is 440 g/mol. The van der Waals surface area contributed by atoms with Gasteiger partial charge in [0.2, 0.25) is 0 Å². The third kappa shape index (κ3) is 4.61. The molecule has 1 heterocycles. The molecule has 0 aliphatic heterocycles. The van der Waals surface area contributed by atoms with Crippen molar-refractivity contribution in [3.05, 3.63) is 95.3 Å². The number of rotatable bonds is 7. The Morgan fingerprint density at radius 3 is 2.39 bits per heavy atom. The highest BCUT2D eigenvalue weighted by molar-refractivity contribution is 7.95. The highest BCUT2D eigenvalue weighted by Crippen LogP contribution is 2.39. The molecule has 0 unspecified atom stereocenters. The summed E-state index contributed by atoms with van der Waals surface area (Å²) >= 11 is 0. The van der Waals surface area contributed by atoms with E-state index in [1.165, 1.54) is 4.57 Å². The minimum absolute atomic E-state index is 0.131. The highest BCUT2D eigenvalue weighted by atomic mass is 32.2. The van der Waals surface area contributed by atoms with E-state index in [0.29, 0.717) is 39.4 Å². The summed E-state index contributed by atoms with van der Waals surface area (Å²) in [6, 6.07) is 19.4. The van der Waals surface area contributed by atoms with Crippen LogP contribution in [-0.4, -0.2) is 20.1 Å². The molecule has 0 saturated carbocycles. The van der Waals surface area contributed by atoms with Crippen LogP contribution in [0.5, 0.6) is 17.2 Å². The highest BCUT2D eigenvalue weighted by Gasteiger charge is 2.16. The molecule has 0 atom stereocenters. The quantitative estimate of drug-likeness (QED) is 0.423. The third-order valence-corrected chi connectivity index (χ3v) is 6.07. The average Bonchev–Trinajstić information content (AvgIpc) is 2.82. The molecule has 3 aromatic carbocycles. The van der Waals surface area contributed by atoms with Crippen molar-refractivity contribution in [3.63, 3.8) is 0 Å². The number of sulfonamides is 1. The summed E-state index contributed by atoms with van der Waals surface area (Å²) in [5.74, 6) is 1.66. The SMILES string of the molecule is C=CS(=O)(=O)Nc1ccc(Oc2cccc(OC)c2)c(-c2cn(C)c(=O)c3ccccc23)c1. The normalized spacial score (nSPS) is 11.2. The van der Waals surface area contributed by atoms with Crippen molar-refractivity contribution in [3.8, 4) is 28.4 Å².